The molecule has 0 radical (unpaired) electrons. The lowest BCUT2D eigenvalue weighted by Crippen LogP contribution is -2.34. The zero-order chi connectivity index (χ0) is 19.4. The number of amides is 2. The SMILES string of the molecule is Cn1ccnc1[C@H](NC(=O)Nc1ccc([N+](=O)[O-])cc1)c1ccc(F)cc1. The van der Waals surface area contributed by atoms with Crippen LogP contribution < -0.4 is 10.6 Å². The molecule has 2 N–H and O–H groups in total. The fourth-order valence-electron chi connectivity index (χ4n) is 2.57. The Balaban J connectivity index is 1.79. The molecule has 0 aliphatic heterocycles. The van der Waals surface area contributed by atoms with Gasteiger partial charge >= 0.3 is 6.03 Å². The van der Waals surface area contributed by atoms with Gasteiger partial charge < -0.3 is 15.2 Å². The Morgan fingerprint density at radius 3 is 2.41 bits per heavy atom. The number of benzene rings is 2. The Kier molecular flexibility index (Phi) is 5.11. The van der Waals surface area contributed by atoms with Crippen molar-refractivity contribution in [1.82, 2.24) is 14.9 Å². The average Bonchev–Trinajstić information content (AvgIpc) is 3.07. The van der Waals surface area contributed by atoms with Crippen LogP contribution in [0.3, 0.4) is 0 Å². The molecule has 0 saturated carbocycles. The molecular weight excluding hydrogens is 353 g/mol. The van der Waals surface area contributed by atoms with Crippen LogP contribution in [0.4, 0.5) is 20.6 Å². The highest BCUT2D eigenvalue weighted by Gasteiger charge is 2.21. The third-order valence-corrected chi connectivity index (χ3v) is 3.93. The van der Waals surface area contributed by atoms with Crippen molar-refractivity contribution in [2.24, 2.45) is 7.05 Å². The van der Waals surface area contributed by atoms with Gasteiger partial charge in [0.2, 0.25) is 0 Å². The molecule has 0 saturated heterocycles. The van der Waals surface area contributed by atoms with Crippen LogP contribution >= 0.6 is 0 Å². The number of hydrogen-bond acceptors (Lipinski definition) is 4. The molecule has 138 valence electrons. The molecule has 1 aromatic heterocycles. The molecule has 0 spiro atoms. The van der Waals surface area contributed by atoms with Gasteiger partial charge in [-0.1, -0.05) is 12.1 Å². The van der Waals surface area contributed by atoms with E-state index in [0.29, 0.717) is 17.1 Å². The number of hydrogen-bond donors (Lipinski definition) is 2. The third-order valence-electron chi connectivity index (χ3n) is 3.93. The third kappa shape index (κ3) is 4.27. The Morgan fingerprint density at radius 1 is 1.19 bits per heavy atom. The quantitative estimate of drug-likeness (QED) is 0.532. The monoisotopic (exact) mass is 369 g/mol. The Morgan fingerprint density at radius 2 is 1.85 bits per heavy atom. The first-order chi connectivity index (χ1) is 12.9. The van der Waals surface area contributed by atoms with E-state index in [4.69, 9.17) is 0 Å². The Labute approximate surface area is 153 Å². The van der Waals surface area contributed by atoms with E-state index in [2.05, 4.69) is 15.6 Å². The van der Waals surface area contributed by atoms with Crippen LogP contribution in [0, 0.1) is 15.9 Å². The van der Waals surface area contributed by atoms with Crippen LogP contribution in [0.1, 0.15) is 17.4 Å². The second-order valence-electron chi connectivity index (χ2n) is 5.78. The molecule has 1 atom stereocenters. The zero-order valence-corrected chi connectivity index (χ0v) is 14.3. The number of aromatic nitrogens is 2. The first-order valence-corrected chi connectivity index (χ1v) is 7.98. The van der Waals surface area contributed by atoms with Gasteiger partial charge in [-0.2, -0.15) is 0 Å². The van der Waals surface area contributed by atoms with E-state index >= 15 is 0 Å². The second-order valence-corrected chi connectivity index (χ2v) is 5.78. The highest BCUT2D eigenvalue weighted by atomic mass is 19.1. The van der Waals surface area contributed by atoms with Crippen molar-refractivity contribution in [2.45, 2.75) is 6.04 Å². The van der Waals surface area contributed by atoms with Gasteiger partial charge in [-0.15, -0.1) is 0 Å². The number of urea groups is 1. The number of nitro groups is 1. The van der Waals surface area contributed by atoms with Crippen LogP contribution in [0.5, 0.6) is 0 Å². The van der Waals surface area contributed by atoms with Gasteiger partial charge in [0.15, 0.2) is 0 Å². The fourth-order valence-corrected chi connectivity index (χ4v) is 2.57. The molecule has 0 bridgehead atoms. The van der Waals surface area contributed by atoms with E-state index in [1.807, 2.05) is 0 Å². The molecular formula is C18H16FN5O3. The number of rotatable bonds is 5. The molecule has 2 amide bonds. The normalized spacial score (nSPS) is 11.6. The van der Waals surface area contributed by atoms with E-state index in [9.17, 15) is 19.3 Å². The lowest BCUT2D eigenvalue weighted by molar-refractivity contribution is -0.384. The van der Waals surface area contributed by atoms with Crippen molar-refractivity contribution in [3.8, 4) is 0 Å². The molecule has 0 fully saturated rings. The van der Waals surface area contributed by atoms with E-state index in [0.717, 1.165) is 0 Å². The van der Waals surface area contributed by atoms with E-state index < -0.39 is 17.0 Å². The molecule has 0 aliphatic carbocycles. The average molecular weight is 369 g/mol. The van der Waals surface area contributed by atoms with E-state index in [1.165, 1.54) is 36.4 Å². The molecule has 0 unspecified atom stereocenters. The summed E-state index contributed by atoms with van der Waals surface area (Å²) in [5.74, 6) is 0.188. The second kappa shape index (κ2) is 7.65. The van der Waals surface area contributed by atoms with Crippen molar-refractivity contribution >= 4 is 17.4 Å². The van der Waals surface area contributed by atoms with Crippen LogP contribution in [-0.2, 0) is 7.05 Å². The zero-order valence-electron chi connectivity index (χ0n) is 14.3. The number of carbonyl (C=O) groups excluding carboxylic acids is 1. The summed E-state index contributed by atoms with van der Waals surface area (Å²) in [4.78, 5) is 26.9. The first kappa shape index (κ1) is 18.1. The van der Waals surface area contributed by atoms with Gasteiger partial charge in [-0.3, -0.25) is 10.1 Å². The summed E-state index contributed by atoms with van der Waals surface area (Å²) < 4.78 is 15.0. The van der Waals surface area contributed by atoms with Gasteiger partial charge in [-0.25, -0.2) is 14.2 Å². The fraction of sp³-hybridized carbons (Fsp3) is 0.111. The van der Waals surface area contributed by atoms with E-state index in [-0.39, 0.29) is 11.5 Å². The summed E-state index contributed by atoms with van der Waals surface area (Å²) in [7, 11) is 1.79. The molecule has 3 aromatic rings. The number of nitrogens with zero attached hydrogens (tertiary/aromatic N) is 3. The summed E-state index contributed by atoms with van der Waals surface area (Å²) in [5.41, 5.74) is 0.985. The van der Waals surface area contributed by atoms with Crippen molar-refractivity contribution in [1.29, 1.82) is 0 Å². The number of nitro benzene ring substituents is 1. The van der Waals surface area contributed by atoms with Crippen molar-refractivity contribution in [2.75, 3.05) is 5.32 Å². The smallest absolute Gasteiger partial charge is 0.320 e. The molecule has 8 nitrogen and oxygen atoms in total. The summed E-state index contributed by atoms with van der Waals surface area (Å²) in [6, 6.07) is 10.1. The topological polar surface area (TPSA) is 102 Å². The summed E-state index contributed by atoms with van der Waals surface area (Å²) >= 11 is 0. The van der Waals surface area contributed by atoms with Crippen molar-refractivity contribution in [3.05, 3.63) is 88.2 Å². The summed E-state index contributed by atoms with van der Waals surface area (Å²) in [5, 5.41) is 16.1. The number of nitrogens with one attached hydrogen (secondary N) is 2. The van der Waals surface area contributed by atoms with Crippen LogP contribution in [0.25, 0.3) is 0 Å². The molecule has 0 aliphatic rings. The molecule has 27 heavy (non-hydrogen) atoms. The number of non-ortho nitro benzene ring substituents is 1. The highest BCUT2D eigenvalue weighted by molar-refractivity contribution is 5.89. The maximum Gasteiger partial charge on any atom is 0.320 e. The van der Waals surface area contributed by atoms with Gasteiger partial charge in [0.1, 0.15) is 17.7 Å². The molecule has 3 rings (SSSR count). The summed E-state index contributed by atoms with van der Waals surface area (Å²) in [6.07, 6.45) is 3.34. The summed E-state index contributed by atoms with van der Waals surface area (Å²) in [6.45, 7) is 0. The minimum Gasteiger partial charge on any atom is -0.336 e. The highest BCUT2D eigenvalue weighted by Crippen LogP contribution is 2.21. The van der Waals surface area contributed by atoms with Gasteiger partial charge in [0, 0.05) is 37.3 Å². The van der Waals surface area contributed by atoms with Crippen LogP contribution in [0.2, 0.25) is 0 Å². The van der Waals surface area contributed by atoms with Crippen LogP contribution in [-0.4, -0.2) is 20.5 Å². The number of halogens is 1. The molecule has 2 aromatic carbocycles. The predicted octanol–water partition coefficient (Wildman–Crippen LogP) is 3.38. The number of anilines is 1. The Bertz CT molecular complexity index is 954. The first-order valence-electron chi connectivity index (χ1n) is 7.98. The molecule has 9 heteroatoms. The van der Waals surface area contributed by atoms with Crippen molar-refractivity contribution < 1.29 is 14.1 Å². The minimum atomic E-state index is -0.608. The maximum absolute atomic E-state index is 13.2. The van der Waals surface area contributed by atoms with E-state index in [1.54, 1.807) is 36.1 Å². The predicted molar refractivity (Wildman–Crippen MR) is 96.7 cm³/mol. The molecule has 1 heterocycles. The largest absolute Gasteiger partial charge is 0.336 e. The minimum absolute atomic E-state index is 0.0712. The van der Waals surface area contributed by atoms with Gasteiger partial charge in [0.25, 0.3) is 5.69 Å². The van der Waals surface area contributed by atoms with Gasteiger partial charge in [-0.05, 0) is 29.8 Å². The van der Waals surface area contributed by atoms with Crippen molar-refractivity contribution in [3.63, 3.8) is 0 Å². The number of imidazole rings is 1. The Hall–Kier alpha value is -3.75. The van der Waals surface area contributed by atoms with Crippen LogP contribution in [0.15, 0.2) is 60.9 Å². The van der Waals surface area contributed by atoms with Gasteiger partial charge in [0.05, 0.1) is 4.92 Å². The standard InChI is InChI=1S/C18H16FN5O3/c1-23-11-10-20-17(23)16(12-2-4-13(19)5-3-12)22-18(25)21-14-6-8-15(9-7-14)24(26)27/h2-11,16H,1H3,(H2,21,22,25)/t16-/m1/s1. The maximum atomic E-state index is 13.2. The number of carbonyl (C=O) groups is 1. The lowest BCUT2D eigenvalue weighted by Gasteiger charge is -2.19. The number of aryl methyl sites for hydroxylation is 1. The lowest BCUT2D eigenvalue weighted by atomic mass is 10.1.